The van der Waals surface area contributed by atoms with Crippen molar-refractivity contribution in [2.24, 2.45) is 5.41 Å². The number of fused-ring (bicyclic) bond motifs is 1. The molecule has 1 aliphatic rings. The van der Waals surface area contributed by atoms with Crippen LogP contribution in [0.3, 0.4) is 0 Å². The van der Waals surface area contributed by atoms with Crippen molar-refractivity contribution in [1.82, 2.24) is 9.97 Å². The Bertz CT molecular complexity index is 738. The standard InChI is InChI=1S/C17H17ClN2O/c1-10-4-5-11(6-13(10)18)16-19-9-12-14(20-16)7-17(2,3)8-15(12)21/h4-6,9H,7-8H2,1-3H3. The van der Waals surface area contributed by atoms with Crippen LogP contribution in [0.25, 0.3) is 11.4 Å². The molecule has 0 radical (unpaired) electrons. The lowest BCUT2D eigenvalue weighted by Crippen LogP contribution is -2.28. The van der Waals surface area contributed by atoms with Gasteiger partial charge in [0.1, 0.15) is 0 Å². The molecule has 1 aliphatic carbocycles. The van der Waals surface area contributed by atoms with E-state index in [9.17, 15) is 4.79 Å². The molecular formula is C17H17ClN2O. The minimum atomic E-state index is -0.0410. The Kier molecular flexibility index (Phi) is 3.33. The number of ketones is 1. The van der Waals surface area contributed by atoms with Gasteiger partial charge in [0.05, 0.1) is 11.3 Å². The van der Waals surface area contributed by atoms with Gasteiger partial charge in [0.25, 0.3) is 0 Å². The van der Waals surface area contributed by atoms with E-state index in [0.29, 0.717) is 22.8 Å². The Morgan fingerprint density at radius 1 is 1.24 bits per heavy atom. The van der Waals surface area contributed by atoms with Crippen LogP contribution < -0.4 is 0 Å². The highest BCUT2D eigenvalue weighted by Crippen LogP contribution is 2.34. The zero-order chi connectivity index (χ0) is 15.2. The van der Waals surface area contributed by atoms with Gasteiger partial charge in [-0.1, -0.05) is 37.6 Å². The summed E-state index contributed by atoms with van der Waals surface area (Å²) in [5.74, 6) is 0.760. The van der Waals surface area contributed by atoms with Crippen molar-refractivity contribution >= 4 is 17.4 Å². The molecule has 0 saturated carbocycles. The Labute approximate surface area is 129 Å². The van der Waals surface area contributed by atoms with Gasteiger partial charge < -0.3 is 0 Å². The number of nitrogens with zero attached hydrogens (tertiary/aromatic N) is 2. The third-order valence-corrected chi connectivity index (χ3v) is 4.29. The van der Waals surface area contributed by atoms with Crippen molar-refractivity contribution in [3.05, 3.63) is 46.2 Å². The lowest BCUT2D eigenvalue weighted by molar-refractivity contribution is 0.0910. The van der Waals surface area contributed by atoms with E-state index in [4.69, 9.17) is 11.6 Å². The summed E-state index contributed by atoms with van der Waals surface area (Å²) in [6.07, 6.45) is 3.01. The first kappa shape index (κ1) is 14.2. The Balaban J connectivity index is 2.07. The minimum absolute atomic E-state index is 0.0410. The molecule has 0 fully saturated rings. The monoisotopic (exact) mass is 300 g/mol. The molecule has 0 aliphatic heterocycles. The van der Waals surface area contributed by atoms with E-state index in [1.54, 1.807) is 6.20 Å². The van der Waals surface area contributed by atoms with Crippen LogP contribution in [-0.4, -0.2) is 15.8 Å². The predicted molar refractivity (Wildman–Crippen MR) is 83.6 cm³/mol. The van der Waals surface area contributed by atoms with Gasteiger partial charge in [0.2, 0.25) is 0 Å². The van der Waals surface area contributed by atoms with E-state index >= 15 is 0 Å². The first-order valence-electron chi connectivity index (χ1n) is 7.01. The molecule has 0 N–H and O–H groups in total. The molecule has 3 nitrogen and oxygen atoms in total. The highest BCUT2D eigenvalue weighted by atomic mass is 35.5. The molecule has 4 heteroatoms. The maximum absolute atomic E-state index is 12.1. The zero-order valence-corrected chi connectivity index (χ0v) is 13.2. The third-order valence-electron chi connectivity index (χ3n) is 3.88. The smallest absolute Gasteiger partial charge is 0.166 e. The topological polar surface area (TPSA) is 42.9 Å². The van der Waals surface area contributed by atoms with Crippen LogP contribution in [0.5, 0.6) is 0 Å². The zero-order valence-electron chi connectivity index (χ0n) is 12.4. The fourth-order valence-electron chi connectivity index (χ4n) is 2.70. The van der Waals surface area contributed by atoms with Crippen molar-refractivity contribution in [2.75, 3.05) is 0 Å². The first-order valence-corrected chi connectivity index (χ1v) is 7.39. The van der Waals surface area contributed by atoms with Gasteiger partial charge in [0.15, 0.2) is 11.6 Å². The Hall–Kier alpha value is -1.74. The van der Waals surface area contributed by atoms with Crippen LogP contribution in [0.4, 0.5) is 0 Å². The lowest BCUT2D eigenvalue weighted by Gasteiger charge is -2.29. The van der Waals surface area contributed by atoms with Crippen LogP contribution in [0, 0.1) is 12.3 Å². The average molecular weight is 301 g/mol. The van der Waals surface area contributed by atoms with E-state index in [0.717, 1.165) is 23.2 Å². The van der Waals surface area contributed by atoms with Gasteiger partial charge in [-0.25, -0.2) is 9.97 Å². The number of hydrogen-bond donors (Lipinski definition) is 0. The maximum atomic E-state index is 12.1. The fraction of sp³-hybridized carbons (Fsp3) is 0.353. The Morgan fingerprint density at radius 2 is 2.00 bits per heavy atom. The SMILES string of the molecule is Cc1ccc(-c2ncc3c(n2)CC(C)(C)CC3=O)cc1Cl. The lowest BCUT2D eigenvalue weighted by atomic mass is 9.76. The highest BCUT2D eigenvalue weighted by molar-refractivity contribution is 6.31. The number of Topliss-reactive ketones (excluding diaryl/α,β-unsaturated/α-hetero) is 1. The highest BCUT2D eigenvalue weighted by Gasteiger charge is 2.32. The van der Waals surface area contributed by atoms with Crippen molar-refractivity contribution in [1.29, 1.82) is 0 Å². The van der Waals surface area contributed by atoms with Crippen LogP contribution in [0.1, 0.15) is 41.9 Å². The summed E-state index contributed by atoms with van der Waals surface area (Å²) in [7, 11) is 0. The van der Waals surface area contributed by atoms with Crippen molar-refractivity contribution in [2.45, 2.75) is 33.6 Å². The fourth-order valence-corrected chi connectivity index (χ4v) is 2.88. The normalized spacial score (nSPS) is 16.7. The number of aryl methyl sites for hydroxylation is 1. The van der Waals surface area contributed by atoms with E-state index in [2.05, 4.69) is 23.8 Å². The molecule has 1 heterocycles. The molecule has 3 rings (SSSR count). The summed E-state index contributed by atoms with van der Waals surface area (Å²) < 4.78 is 0. The summed E-state index contributed by atoms with van der Waals surface area (Å²) in [5.41, 5.74) is 3.37. The molecule has 0 unspecified atom stereocenters. The van der Waals surface area contributed by atoms with Gasteiger partial charge in [-0.15, -0.1) is 0 Å². The molecule has 0 spiro atoms. The second-order valence-electron chi connectivity index (χ2n) is 6.46. The number of rotatable bonds is 1. The molecule has 1 aromatic carbocycles. The summed E-state index contributed by atoms with van der Waals surface area (Å²) in [5, 5.41) is 0.699. The average Bonchev–Trinajstić information content (AvgIpc) is 2.40. The molecule has 0 atom stereocenters. The molecule has 0 saturated heterocycles. The van der Waals surface area contributed by atoms with Gasteiger partial charge in [-0.3, -0.25) is 4.79 Å². The molecule has 0 amide bonds. The van der Waals surface area contributed by atoms with Crippen molar-refractivity contribution < 1.29 is 4.79 Å². The van der Waals surface area contributed by atoms with Crippen molar-refractivity contribution in [3.63, 3.8) is 0 Å². The summed E-state index contributed by atoms with van der Waals surface area (Å²) >= 11 is 6.17. The number of aromatic nitrogens is 2. The minimum Gasteiger partial charge on any atom is -0.294 e. The molecule has 108 valence electrons. The summed E-state index contributed by atoms with van der Waals surface area (Å²) in [6.45, 7) is 6.15. The predicted octanol–water partition coefficient (Wildman–Crippen LogP) is 4.26. The number of halogens is 1. The number of carbonyl (C=O) groups excluding carboxylic acids is 1. The van der Waals surface area contributed by atoms with Crippen LogP contribution in [0.2, 0.25) is 5.02 Å². The quantitative estimate of drug-likeness (QED) is 0.790. The second kappa shape index (κ2) is 4.92. The largest absolute Gasteiger partial charge is 0.294 e. The second-order valence-corrected chi connectivity index (χ2v) is 6.87. The number of benzene rings is 1. The maximum Gasteiger partial charge on any atom is 0.166 e. The summed E-state index contributed by atoms with van der Waals surface area (Å²) in [6, 6.07) is 5.78. The number of hydrogen-bond acceptors (Lipinski definition) is 3. The van der Waals surface area contributed by atoms with Gasteiger partial charge in [-0.05, 0) is 30.4 Å². The van der Waals surface area contributed by atoms with Crippen molar-refractivity contribution in [3.8, 4) is 11.4 Å². The van der Waals surface area contributed by atoms with E-state index in [1.165, 1.54) is 0 Å². The van der Waals surface area contributed by atoms with E-state index in [-0.39, 0.29) is 11.2 Å². The molecule has 1 aromatic heterocycles. The molecule has 21 heavy (non-hydrogen) atoms. The Morgan fingerprint density at radius 3 is 2.71 bits per heavy atom. The van der Waals surface area contributed by atoms with Gasteiger partial charge >= 0.3 is 0 Å². The van der Waals surface area contributed by atoms with Crippen LogP contribution in [0.15, 0.2) is 24.4 Å². The molecule has 0 bridgehead atoms. The summed E-state index contributed by atoms with van der Waals surface area (Å²) in [4.78, 5) is 21.1. The van der Waals surface area contributed by atoms with E-state index < -0.39 is 0 Å². The third kappa shape index (κ3) is 2.70. The number of carbonyl (C=O) groups is 1. The van der Waals surface area contributed by atoms with Gasteiger partial charge in [-0.2, -0.15) is 0 Å². The van der Waals surface area contributed by atoms with Crippen LogP contribution in [-0.2, 0) is 6.42 Å². The van der Waals surface area contributed by atoms with Crippen LogP contribution >= 0.6 is 11.6 Å². The molecule has 2 aromatic rings. The van der Waals surface area contributed by atoms with E-state index in [1.807, 2.05) is 25.1 Å². The first-order chi connectivity index (χ1) is 9.85. The van der Waals surface area contributed by atoms with Gasteiger partial charge in [0, 0.05) is 23.2 Å². The molecular weight excluding hydrogens is 284 g/mol.